The monoisotopic (exact) mass is 172 g/mol. The second-order valence-electron chi connectivity index (χ2n) is 3.97. The molecule has 0 radical (unpaired) electrons. The fourth-order valence-corrected chi connectivity index (χ4v) is 1.61. The molecule has 0 rings (SSSR count). The van der Waals surface area contributed by atoms with Crippen molar-refractivity contribution in [1.82, 2.24) is 0 Å². The molecule has 0 saturated carbocycles. The summed E-state index contributed by atoms with van der Waals surface area (Å²) in [5.74, 6) is 0.505. The average Bonchev–Trinajstić information content (AvgIpc) is 1.85. The van der Waals surface area contributed by atoms with Crippen LogP contribution in [0, 0.1) is 5.92 Å². The zero-order valence-electron chi connectivity index (χ0n) is 8.34. The molecule has 12 heavy (non-hydrogen) atoms. The Kier molecular flexibility index (Phi) is 5.14. The van der Waals surface area contributed by atoms with Crippen molar-refractivity contribution in [2.75, 3.05) is 0 Å². The van der Waals surface area contributed by atoms with Gasteiger partial charge < -0.3 is 9.90 Å². The van der Waals surface area contributed by atoms with Crippen LogP contribution in [0.5, 0.6) is 0 Å². The van der Waals surface area contributed by atoms with Gasteiger partial charge in [-0.15, -0.1) is 0 Å². The molecule has 2 nitrogen and oxygen atoms in total. The molecule has 0 spiro atoms. The molecule has 0 aromatic rings. The Hall–Kier alpha value is -0.370. The molecule has 0 aromatic heterocycles. The van der Waals surface area contributed by atoms with E-state index in [-0.39, 0.29) is 6.42 Å². The van der Waals surface area contributed by atoms with Gasteiger partial charge >= 0.3 is 0 Å². The number of carbonyl (C=O) groups is 1. The van der Waals surface area contributed by atoms with Crippen molar-refractivity contribution < 1.29 is 9.90 Å². The van der Waals surface area contributed by atoms with E-state index < -0.39 is 5.60 Å². The van der Waals surface area contributed by atoms with Crippen LogP contribution in [-0.4, -0.2) is 17.0 Å². The van der Waals surface area contributed by atoms with Crippen LogP contribution < -0.4 is 0 Å². The lowest BCUT2D eigenvalue weighted by molar-refractivity contribution is -0.112. The molecule has 0 saturated heterocycles. The summed E-state index contributed by atoms with van der Waals surface area (Å²) in [5, 5.41) is 9.68. The lowest BCUT2D eigenvalue weighted by atomic mass is 9.88. The number of hydrogen-bond donors (Lipinski definition) is 1. The van der Waals surface area contributed by atoms with Crippen LogP contribution in [0.3, 0.4) is 0 Å². The maximum absolute atomic E-state index is 10.2. The molecule has 2 unspecified atom stereocenters. The van der Waals surface area contributed by atoms with E-state index in [0.29, 0.717) is 5.92 Å². The van der Waals surface area contributed by atoms with E-state index in [2.05, 4.69) is 13.8 Å². The highest BCUT2D eigenvalue weighted by atomic mass is 16.3. The van der Waals surface area contributed by atoms with Crippen LogP contribution >= 0.6 is 0 Å². The third-order valence-corrected chi connectivity index (χ3v) is 2.09. The van der Waals surface area contributed by atoms with Crippen LogP contribution in [0.1, 0.15) is 46.5 Å². The average molecular weight is 172 g/mol. The zero-order chi connectivity index (χ0) is 9.61. The molecular formula is C10H20O2. The van der Waals surface area contributed by atoms with Crippen molar-refractivity contribution >= 4 is 6.29 Å². The fourth-order valence-electron chi connectivity index (χ4n) is 1.61. The highest BCUT2D eigenvalue weighted by molar-refractivity contribution is 5.51. The Morgan fingerprint density at radius 1 is 1.58 bits per heavy atom. The molecule has 0 aliphatic heterocycles. The Bertz CT molecular complexity index is 130. The Balaban J connectivity index is 3.78. The molecule has 0 bridgehead atoms. The highest BCUT2D eigenvalue weighted by Crippen LogP contribution is 2.22. The second kappa shape index (κ2) is 5.31. The van der Waals surface area contributed by atoms with Crippen LogP contribution in [0.4, 0.5) is 0 Å². The Morgan fingerprint density at radius 2 is 2.17 bits per heavy atom. The molecule has 2 atom stereocenters. The molecule has 0 aromatic carbocycles. The van der Waals surface area contributed by atoms with Crippen molar-refractivity contribution in [2.24, 2.45) is 5.92 Å². The number of aldehydes is 1. The predicted molar refractivity (Wildman–Crippen MR) is 50.0 cm³/mol. The summed E-state index contributed by atoms with van der Waals surface area (Å²) < 4.78 is 0. The summed E-state index contributed by atoms with van der Waals surface area (Å²) >= 11 is 0. The van der Waals surface area contributed by atoms with Crippen molar-refractivity contribution in [3.63, 3.8) is 0 Å². The third kappa shape index (κ3) is 5.30. The van der Waals surface area contributed by atoms with Crippen LogP contribution in [-0.2, 0) is 4.79 Å². The normalized spacial score (nSPS) is 18.3. The van der Waals surface area contributed by atoms with Crippen LogP contribution in [0.15, 0.2) is 0 Å². The molecule has 1 N–H and O–H groups in total. The van der Waals surface area contributed by atoms with Gasteiger partial charge in [0.2, 0.25) is 0 Å². The van der Waals surface area contributed by atoms with Gasteiger partial charge in [-0.25, -0.2) is 0 Å². The largest absolute Gasteiger partial charge is 0.390 e. The Morgan fingerprint density at radius 3 is 2.58 bits per heavy atom. The van der Waals surface area contributed by atoms with Crippen molar-refractivity contribution in [3.8, 4) is 0 Å². The minimum Gasteiger partial charge on any atom is -0.390 e. The summed E-state index contributed by atoms with van der Waals surface area (Å²) in [5.41, 5.74) is -0.795. The van der Waals surface area contributed by atoms with E-state index in [1.807, 2.05) is 0 Å². The van der Waals surface area contributed by atoms with Gasteiger partial charge in [-0.3, -0.25) is 0 Å². The summed E-state index contributed by atoms with van der Waals surface area (Å²) in [7, 11) is 0. The number of hydrogen-bond acceptors (Lipinski definition) is 2. The smallest absolute Gasteiger partial charge is 0.122 e. The first-order valence-electron chi connectivity index (χ1n) is 4.68. The number of rotatable bonds is 6. The summed E-state index contributed by atoms with van der Waals surface area (Å²) in [6, 6.07) is 0. The topological polar surface area (TPSA) is 37.3 Å². The van der Waals surface area contributed by atoms with Gasteiger partial charge in [-0.05, 0) is 19.3 Å². The molecule has 72 valence electrons. The quantitative estimate of drug-likeness (QED) is 0.623. The summed E-state index contributed by atoms with van der Waals surface area (Å²) in [6.45, 7) is 5.97. The van der Waals surface area contributed by atoms with E-state index in [9.17, 15) is 9.90 Å². The molecule has 0 heterocycles. The van der Waals surface area contributed by atoms with Crippen LogP contribution in [0.2, 0.25) is 0 Å². The predicted octanol–water partition coefficient (Wildman–Crippen LogP) is 2.15. The molecule has 0 amide bonds. The standard InChI is InChI=1S/C10H20O2/c1-4-5-9(2)8-10(3,12)6-7-11/h7,9,12H,4-6,8H2,1-3H3. The maximum Gasteiger partial charge on any atom is 0.122 e. The summed E-state index contributed by atoms with van der Waals surface area (Å²) in [4.78, 5) is 10.2. The van der Waals surface area contributed by atoms with Crippen LogP contribution in [0.25, 0.3) is 0 Å². The van der Waals surface area contributed by atoms with E-state index in [1.54, 1.807) is 6.92 Å². The van der Waals surface area contributed by atoms with Gasteiger partial charge in [0.25, 0.3) is 0 Å². The van der Waals surface area contributed by atoms with E-state index in [0.717, 1.165) is 25.5 Å². The van der Waals surface area contributed by atoms with Crippen molar-refractivity contribution in [2.45, 2.75) is 52.1 Å². The highest BCUT2D eigenvalue weighted by Gasteiger charge is 2.22. The van der Waals surface area contributed by atoms with E-state index >= 15 is 0 Å². The zero-order valence-corrected chi connectivity index (χ0v) is 8.34. The third-order valence-electron chi connectivity index (χ3n) is 2.09. The molecule has 0 aliphatic carbocycles. The first-order valence-corrected chi connectivity index (χ1v) is 4.68. The molecular weight excluding hydrogens is 152 g/mol. The van der Waals surface area contributed by atoms with Gasteiger partial charge in [0.15, 0.2) is 0 Å². The minimum atomic E-state index is -0.795. The molecule has 2 heteroatoms. The van der Waals surface area contributed by atoms with Crippen molar-refractivity contribution in [1.29, 1.82) is 0 Å². The lowest BCUT2D eigenvalue weighted by Gasteiger charge is -2.24. The fraction of sp³-hybridized carbons (Fsp3) is 0.900. The lowest BCUT2D eigenvalue weighted by Crippen LogP contribution is -2.27. The number of aliphatic hydroxyl groups is 1. The summed E-state index contributed by atoms with van der Waals surface area (Å²) in [6.07, 6.45) is 4.02. The van der Waals surface area contributed by atoms with Gasteiger partial charge in [-0.1, -0.05) is 26.7 Å². The first-order chi connectivity index (χ1) is 5.52. The maximum atomic E-state index is 10.2. The van der Waals surface area contributed by atoms with E-state index in [1.165, 1.54) is 0 Å². The minimum absolute atomic E-state index is 0.251. The van der Waals surface area contributed by atoms with Crippen molar-refractivity contribution in [3.05, 3.63) is 0 Å². The Labute approximate surface area is 75.0 Å². The SMILES string of the molecule is CCCC(C)CC(C)(O)CC=O. The molecule has 0 aliphatic rings. The van der Waals surface area contributed by atoms with Gasteiger partial charge in [0.1, 0.15) is 6.29 Å². The van der Waals surface area contributed by atoms with Gasteiger partial charge in [0, 0.05) is 6.42 Å². The number of carbonyl (C=O) groups excluding carboxylic acids is 1. The second-order valence-corrected chi connectivity index (χ2v) is 3.97. The molecule has 0 fully saturated rings. The first kappa shape index (κ1) is 11.6. The van der Waals surface area contributed by atoms with E-state index in [4.69, 9.17) is 0 Å². The van der Waals surface area contributed by atoms with Gasteiger partial charge in [-0.2, -0.15) is 0 Å². The van der Waals surface area contributed by atoms with Gasteiger partial charge in [0.05, 0.1) is 5.60 Å².